The third-order valence-electron chi connectivity index (χ3n) is 5.17. The number of amides is 2. The van der Waals surface area contributed by atoms with Gasteiger partial charge in [-0.3, -0.25) is 9.59 Å². The molecular formula is C23H30N2O5. The van der Waals surface area contributed by atoms with Gasteiger partial charge in [0.15, 0.2) is 0 Å². The monoisotopic (exact) mass is 414 g/mol. The summed E-state index contributed by atoms with van der Waals surface area (Å²) < 4.78 is 16.3. The molecular weight excluding hydrogens is 384 g/mol. The Kier molecular flexibility index (Phi) is 7.90. The molecule has 0 unspecified atom stereocenters. The fourth-order valence-electron chi connectivity index (χ4n) is 3.58. The van der Waals surface area contributed by atoms with Crippen LogP contribution in [-0.2, 0) is 16.1 Å². The van der Waals surface area contributed by atoms with Crippen molar-refractivity contribution >= 4 is 11.8 Å². The Labute approximate surface area is 177 Å². The average molecular weight is 415 g/mol. The highest BCUT2D eigenvalue weighted by atomic mass is 16.5. The van der Waals surface area contributed by atoms with Gasteiger partial charge in [-0.1, -0.05) is 6.92 Å². The van der Waals surface area contributed by atoms with E-state index in [1.807, 2.05) is 13.0 Å². The van der Waals surface area contributed by atoms with E-state index in [-0.39, 0.29) is 24.5 Å². The molecule has 0 radical (unpaired) electrons. The van der Waals surface area contributed by atoms with Crippen LogP contribution in [0.25, 0.3) is 0 Å². The van der Waals surface area contributed by atoms with E-state index in [1.54, 1.807) is 53.5 Å². The van der Waals surface area contributed by atoms with E-state index in [0.717, 1.165) is 25.9 Å². The fraction of sp³-hybridized carbons (Fsp3) is 0.478. The Bertz CT molecular complexity index is 798. The Morgan fingerprint density at radius 2 is 1.97 bits per heavy atom. The van der Waals surface area contributed by atoms with Crippen LogP contribution in [0, 0.1) is 0 Å². The van der Waals surface area contributed by atoms with Crippen molar-refractivity contribution in [3.05, 3.63) is 54.0 Å². The summed E-state index contributed by atoms with van der Waals surface area (Å²) in [5.41, 5.74) is 0.536. The lowest BCUT2D eigenvalue weighted by Gasteiger charge is -2.28. The summed E-state index contributed by atoms with van der Waals surface area (Å²) in [7, 11) is 1.58. The van der Waals surface area contributed by atoms with E-state index in [2.05, 4.69) is 0 Å². The number of carbonyl (C=O) groups is 2. The highest BCUT2D eigenvalue weighted by Crippen LogP contribution is 2.17. The van der Waals surface area contributed by atoms with Gasteiger partial charge >= 0.3 is 0 Å². The van der Waals surface area contributed by atoms with E-state index < -0.39 is 0 Å². The van der Waals surface area contributed by atoms with E-state index in [4.69, 9.17) is 13.9 Å². The lowest BCUT2D eigenvalue weighted by Crippen LogP contribution is -2.45. The lowest BCUT2D eigenvalue weighted by molar-refractivity contribution is -0.134. The molecule has 7 nitrogen and oxygen atoms in total. The normalized spacial score (nSPS) is 15.7. The summed E-state index contributed by atoms with van der Waals surface area (Å²) in [6.07, 6.45) is 4.33. The SMILES string of the molecule is CCCN(CC(=O)N(Cc1ccco1)C[C@H]1CCCO1)C(=O)c1ccc(OC)cc1. The zero-order valence-electron chi connectivity index (χ0n) is 17.7. The molecule has 2 heterocycles. The quantitative estimate of drug-likeness (QED) is 0.596. The third-order valence-corrected chi connectivity index (χ3v) is 5.17. The molecule has 0 aliphatic carbocycles. The molecule has 1 fully saturated rings. The van der Waals surface area contributed by atoms with Crippen LogP contribution in [0.1, 0.15) is 42.3 Å². The molecule has 0 N–H and O–H groups in total. The third kappa shape index (κ3) is 5.86. The second-order valence-electron chi connectivity index (χ2n) is 7.44. The molecule has 1 aliphatic heterocycles. The summed E-state index contributed by atoms with van der Waals surface area (Å²) >= 11 is 0. The topological polar surface area (TPSA) is 72.2 Å². The zero-order chi connectivity index (χ0) is 21.3. The van der Waals surface area contributed by atoms with Gasteiger partial charge in [0.2, 0.25) is 5.91 Å². The minimum Gasteiger partial charge on any atom is -0.497 e. The molecule has 0 spiro atoms. The zero-order valence-corrected chi connectivity index (χ0v) is 17.7. The van der Waals surface area contributed by atoms with Crippen LogP contribution in [0.3, 0.4) is 0 Å². The molecule has 1 saturated heterocycles. The van der Waals surface area contributed by atoms with E-state index in [1.165, 1.54) is 0 Å². The Morgan fingerprint density at radius 1 is 1.17 bits per heavy atom. The number of nitrogens with zero attached hydrogens (tertiary/aromatic N) is 2. The van der Waals surface area contributed by atoms with Crippen LogP contribution in [0.2, 0.25) is 0 Å². The number of carbonyl (C=O) groups excluding carboxylic acids is 2. The average Bonchev–Trinajstić information content (AvgIpc) is 3.47. The molecule has 1 atom stereocenters. The molecule has 30 heavy (non-hydrogen) atoms. The van der Waals surface area contributed by atoms with Crippen LogP contribution in [0.5, 0.6) is 5.75 Å². The number of ether oxygens (including phenoxy) is 2. The molecule has 0 bridgehead atoms. The van der Waals surface area contributed by atoms with Crippen LogP contribution >= 0.6 is 0 Å². The van der Waals surface area contributed by atoms with Crippen LogP contribution < -0.4 is 4.74 Å². The molecule has 1 aromatic heterocycles. The summed E-state index contributed by atoms with van der Waals surface area (Å²) in [5, 5.41) is 0. The second-order valence-corrected chi connectivity index (χ2v) is 7.44. The van der Waals surface area contributed by atoms with Gasteiger partial charge < -0.3 is 23.7 Å². The molecule has 2 amide bonds. The van der Waals surface area contributed by atoms with Crippen LogP contribution in [0.15, 0.2) is 47.1 Å². The van der Waals surface area contributed by atoms with Crippen molar-refractivity contribution in [3.63, 3.8) is 0 Å². The maximum absolute atomic E-state index is 13.2. The van der Waals surface area contributed by atoms with E-state index in [9.17, 15) is 9.59 Å². The Hall–Kier alpha value is -2.80. The van der Waals surface area contributed by atoms with Gasteiger partial charge in [-0.2, -0.15) is 0 Å². The first kappa shape index (κ1) is 21.9. The number of rotatable bonds is 10. The van der Waals surface area contributed by atoms with Gasteiger partial charge in [0.1, 0.15) is 18.1 Å². The Balaban J connectivity index is 1.71. The predicted octanol–water partition coefficient (Wildman–Crippen LogP) is 3.35. The molecule has 1 aliphatic rings. The van der Waals surface area contributed by atoms with Crippen molar-refractivity contribution in [1.82, 2.24) is 9.80 Å². The van der Waals surface area contributed by atoms with E-state index >= 15 is 0 Å². The largest absolute Gasteiger partial charge is 0.497 e. The summed E-state index contributed by atoms with van der Waals surface area (Å²) in [6.45, 7) is 4.10. The summed E-state index contributed by atoms with van der Waals surface area (Å²) in [5.74, 6) is 1.12. The molecule has 0 saturated carbocycles. The van der Waals surface area contributed by atoms with Gasteiger partial charge in [0.05, 0.1) is 26.0 Å². The lowest BCUT2D eigenvalue weighted by atomic mass is 10.1. The number of hydrogen-bond donors (Lipinski definition) is 0. The first-order valence-corrected chi connectivity index (χ1v) is 10.5. The predicted molar refractivity (Wildman–Crippen MR) is 112 cm³/mol. The highest BCUT2D eigenvalue weighted by molar-refractivity contribution is 5.96. The smallest absolute Gasteiger partial charge is 0.254 e. The maximum Gasteiger partial charge on any atom is 0.254 e. The van der Waals surface area contributed by atoms with Gasteiger partial charge in [-0.15, -0.1) is 0 Å². The maximum atomic E-state index is 13.2. The Morgan fingerprint density at radius 3 is 2.57 bits per heavy atom. The molecule has 162 valence electrons. The fourth-order valence-corrected chi connectivity index (χ4v) is 3.58. The number of benzene rings is 1. The van der Waals surface area contributed by atoms with Gasteiger partial charge in [-0.25, -0.2) is 0 Å². The first-order valence-electron chi connectivity index (χ1n) is 10.5. The molecule has 7 heteroatoms. The van der Waals surface area contributed by atoms with Crippen LogP contribution in [-0.4, -0.2) is 61.1 Å². The minimum atomic E-state index is -0.164. The van der Waals surface area contributed by atoms with Crippen molar-refractivity contribution in [2.75, 3.05) is 33.4 Å². The standard InChI is InChI=1S/C23H30N2O5/c1-3-12-24(23(27)18-8-10-19(28-2)11-9-18)17-22(26)25(15-20-6-4-13-29-20)16-21-7-5-14-30-21/h4,6,8-11,13,21H,3,5,7,12,14-17H2,1-2H3/t21-/m1/s1. The van der Waals surface area contributed by atoms with Crippen molar-refractivity contribution in [2.24, 2.45) is 0 Å². The number of furan rings is 1. The van der Waals surface area contributed by atoms with Crippen molar-refractivity contribution in [3.8, 4) is 5.75 Å². The summed E-state index contributed by atoms with van der Waals surface area (Å²) in [6, 6.07) is 10.6. The van der Waals surface area contributed by atoms with Crippen molar-refractivity contribution in [2.45, 2.75) is 38.8 Å². The van der Waals surface area contributed by atoms with Crippen LogP contribution in [0.4, 0.5) is 0 Å². The van der Waals surface area contributed by atoms with Crippen molar-refractivity contribution < 1.29 is 23.5 Å². The minimum absolute atomic E-state index is 0.0200. The molecule has 1 aromatic carbocycles. The first-order chi connectivity index (χ1) is 14.6. The highest BCUT2D eigenvalue weighted by Gasteiger charge is 2.26. The van der Waals surface area contributed by atoms with Gasteiger partial charge in [-0.05, 0) is 55.7 Å². The van der Waals surface area contributed by atoms with Gasteiger partial charge in [0.25, 0.3) is 5.91 Å². The van der Waals surface area contributed by atoms with Crippen molar-refractivity contribution in [1.29, 1.82) is 0 Å². The summed E-state index contributed by atoms with van der Waals surface area (Å²) in [4.78, 5) is 29.6. The number of hydrogen-bond acceptors (Lipinski definition) is 5. The molecule has 2 aromatic rings. The molecule has 3 rings (SSSR count). The number of methoxy groups -OCH3 is 1. The van der Waals surface area contributed by atoms with Gasteiger partial charge in [0, 0.05) is 25.3 Å². The van der Waals surface area contributed by atoms with E-state index in [0.29, 0.717) is 36.7 Å². The second kappa shape index (κ2) is 10.8.